The Kier molecular flexibility index (Phi) is 6.40. The van der Waals surface area contributed by atoms with Gasteiger partial charge in [-0.15, -0.1) is 11.8 Å². The smallest absolute Gasteiger partial charge is 0.228 e. The molecule has 0 spiro atoms. The molecule has 1 amide bonds. The molecule has 1 aliphatic rings. The number of carbonyl (C=O) groups is 1. The second-order valence-electron chi connectivity index (χ2n) is 6.39. The summed E-state index contributed by atoms with van der Waals surface area (Å²) in [5.74, 6) is 0.135. The molecule has 0 aromatic heterocycles. The maximum absolute atomic E-state index is 12.7. The molecule has 1 atom stereocenters. The Morgan fingerprint density at radius 3 is 2.92 bits per heavy atom. The maximum Gasteiger partial charge on any atom is 0.228 e. The molecule has 1 fully saturated rings. The summed E-state index contributed by atoms with van der Waals surface area (Å²) >= 11 is 7.95. The van der Waals surface area contributed by atoms with Gasteiger partial charge in [0.05, 0.1) is 5.92 Å². The molecule has 1 N–H and O–H groups in total. The number of nitrogens with zero attached hydrogens (tertiary/aromatic N) is 1. The van der Waals surface area contributed by atoms with Gasteiger partial charge in [0.2, 0.25) is 5.91 Å². The molecule has 25 heavy (non-hydrogen) atoms. The van der Waals surface area contributed by atoms with Gasteiger partial charge in [-0.05, 0) is 55.5 Å². The van der Waals surface area contributed by atoms with E-state index in [1.165, 1.54) is 0 Å². The van der Waals surface area contributed by atoms with Crippen molar-refractivity contribution in [3.8, 4) is 0 Å². The Balaban J connectivity index is 1.60. The minimum absolute atomic E-state index is 0.0224. The Morgan fingerprint density at radius 2 is 2.12 bits per heavy atom. The van der Waals surface area contributed by atoms with Crippen LogP contribution in [-0.4, -0.2) is 30.2 Å². The lowest BCUT2D eigenvalue weighted by Gasteiger charge is -2.32. The molecule has 5 heteroatoms. The predicted molar refractivity (Wildman–Crippen MR) is 106 cm³/mol. The Hall–Kier alpha value is -1.49. The van der Waals surface area contributed by atoms with Gasteiger partial charge in [-0.2, -0.15) is 0 Å². The number of piperidine rings is 1. The van der Waals surface area contributed by atoms with Gasteiger partial charge >= 0.3 is 0 Å². The number of thioether (sulfide) groups is 1. The summed E-state index contributed by atoms with van der Waals surface area (Å²) < 4.78 is 0. The number of hydrogen-bond donors (Lipinski definition) is 1. The number of amides is 1. The van der Waals surface area contributed by atoms with Crippen LogP contribution in [0.15, 0.2) is 53.4 Å². The summed E-state index contributed by atoms with van der Waals surface area (Å²) in [5.41, 5.74) is 2.00. The summed E-state index contributed by atoms with van der Waals surface area (Å²) in [6.07, 6.45) is 4.01. The maximum atomic E-state index is 12.7. The van der Waals surface area contributed by atoms with Crippen LogP contribution in [0.1, 0.15) is 18.4 Å². The molecule has 1 aliphatic heterocycles. The van der Waals surface area contributed by atoms with E-state index in [9.17, 15) is 4.79 Å². The third-order valence-electron chi connectivity index (χ3n) is 4.57. The Labute approximate surface area is 158 Å². The van der Waals surface area contributed by atoms with E-state index in [1.807, 2.05) is 48.7 Å². The van der Waals surface area contributed by atoms with Crippen LogP contribution >= 0.6 is 23.4 Å². The van der Waals surface area contributed by atoms with Crippen LogP contribution in [0.2, 0.25) is 5.02 Å². The van der Waals surface area contributed by atoms with E-state index in [1.54, 1.807) is 11.8 Å². The standard InChI is InChI=1S/C20H23ClN2OS/c1-25-18-9-4-8-17(12-18)22-20(24)16-7-5-11-23(14-16)13-15-6-2-3-10-19(15)21/h2-4,6,8-10,12,16H,5,7,11,13-14H2,1H3,(H,22,24)/t16-/m1/s1. The summed E-state index contributed by atoms with van der Waals surface area (Å²) in [7, 11) is 0. The highest BCUT2D eigenvalue weighted by Crippen LogP contribution is 2.24. The molecule has 0 saturated carbocycles. The summed E-state index contributed by atoms with van der Waals surface area (Å²) in [6.45, 7) is 2.58. The third kappa shape index (κ3) is 5.00. The second-order valence-corrected chi connectivity index (χ2v) is 7.67. The van der Waals surface area contributed by atoms with Gasteiger partial charge in [0.1, 0.15) is 0 Å². The Bertz CT molecular complexity index is 737. The van der Waals surface area contributed by atoms with Gasteiger partial charge in [-0.25, -0.2) is 0 Å². The fourth-order valence-corrected chi connectivity index (χ4v) is 3.88. The van der Waals surface area contributed by atoms with Gasteiger partial charge in [-0.1, -0.05) is 35.9 Å². The van der Waals surface area contributed by atoms with E-state index in [4.69, 9.17) is 11.6 Å². The third-order valence-corrected chi connectivity index (χ3v) is 5.66. The number of nitrogens with one attached hydrogen (secondary N) is 1. The average Bonchev–Trinajstić information content (AvgIpc) is 2.64. The number of benzene rings is 2. The second kappa shape index (κ2) is 8.75. The molecule has 0 aliphatic carbocycles. The topological polar surface area (TPSA) is 32.3 Å². The molecule has 1 saturated heterocycles. The molecule has 3 rings (SSSR count). The minimum atomic E-state index is 0.0224. The van der Waals surface area contributed by atoms with Crippen LogP contribution in [0.4, 0.5) is 5.69 Å². The van der Waals surface area contributed by atoms with Crippen molar-refractivity contribution in [2.75, 3.05) is 24.7 Å². The number of anilines is 1. The predicted octanol–water partition coefficient (Wildman–Crippen LogP) is 4.91. The highest BCUT2D eigenvalue weighted by atomic mass is 35.5. The van der Waals surface area contributed by atoms with Crippen LogP contribution in [-0.2, 0) is 11.3 Å². The van der Waals surface area contributed by atoms with Crippen molar-refractivity contribution >= 4 is 35.0 Å². The van der Waals surface area contributed by atoms with E-state index in [-0.39, 0.29) is 11.8 Å². The lowest BCUT2D eigenvalue weighted by molar-refractivity contribution is -0.121. The van der Waals surface area contributed by atoms with Gasteiger partial charge in [0, 0.05) is 28.7 Å². The van der Waals surface area contributed by atoms with Gasteiger partial charge in [0.25, 0.3) is 0 Å². The zero-order chi connectivity index (χ0) is 17.6. The molecule has 0 unspecified atom stereocenters. The monoisotopic (exact) mass is 374 g/mol. The quantitative estimate of drug-likeness (QED) is 0.754. The molecule has 0 bridgehead atoms. The fraction of sp³-hybridized carbons (Fsp3) is 0.350. The number of carbonyl (C=O) groups excluding carboxylic acids is 1. The highest BCUT2D eigenvalue weighted by molar-refractivity contribution is 7.98. The zero-order valence-corrected chi connectivity index (χ0v) is 15.9. The van der Waals surface area contributed by atoms with Crippen LogP contribution in [0.25, 0.3) is 0 Å². The lowest BCUT2D eigenvalue weighted by atomic mass is 9.96. The van der Waals surface area contributed by atoms with Crippen molar-refractivity contribution in [1.82, 2.24) is 4.90 Å². The first-order chi connectivity index (χ1) is 12.2. The summed E-state index contributed by atoms with van der Waals surface area (Å²) in [4.78, 5) is 16.1. The van der Waals surface area contributed by atoms with Crippen molar-refractivity contribution < 1.29 is 4.79 Å². The molecular formula is C20H23ClN2OS. The molecular weight excluding hydrogens is 352 g/mol. The first kappa shape index (κ1) is 18.3. The number of likely N-dealkylation sites (tertiary alicyclic amines) is 1. The molecule has 0 radical (unpaired) electrons. The van der Waals surface area contributed by atoms with Gasteiger partial charge < -0.3 is 5.32 Å². The molecule has 2 aromatic rings. The molecule has 1 heterocycles. The number of rotatable bonds is 5. The number of hydrogen-bond acceptors (Lipinski definition) is 3. The van der Waals surface area contributed by atoms with E-state index in [0.717, 1.165) is 53.6 Å². The Morgan fingerprint density at radius 1 is 1.28 bits per heavy atom. The average molecular weight is 375 g/mol. The zero-order valence-electron chi connectivity index (χ0n) is 14.4. The van der Waals surface area contributed by atoms with Crippen molar-refractivity contribution in [2.45, 2.75) is 24.3 Å². The van der Waals surface area contributed by atoms with Crippen LogP contribution in [0.5, 0.6) is 0 Å². The van der Waals surface area contributed by atoms with Crippen molar-refractivity contribution in [2.24, 2.45) is 5.92 Å². The molecule has 132 valence electrons. The highest BCUT2D eigenvalue weighted by Gasteiger charge is 2.26. The van der Waals surface area contributed by atoms with Crippen molar-refractivity contribution in [1.29, 1.82) is 0 Å². The summed E-state index contributed by atoms with van der Waals surface area (Å²) in [6, 6.07) is 15.9. The SMILES string of the molecule is CSc1cccc(NC(=O)[C@@H]2CCCN(Cc3ccccc3Cl)C2)c1. The molecule has 2 aromatic carbocycles. The first-order valence-electron chi connectivity index (χ1n) is 8.56. The van der Waals surface area contributed by atoms with Gasteiger partial charge in [-0.3, -0.25) is 9.69 Å². The lowest BCUT2D eigenvalue weighted by Crippen LogP contribution is -2.40. The van der Waals surface area contributed by atoms with Crippen molar-refractivity contribution in [3.63, 3.8) is 0 Å². The van der Waals surface area contributed by atoms with E-state index in [2.05, 4.69) is 16.3 Å². The van der Waals surface area contributed by atoms with Crippen LogP contribution in [0.3, 0.4) is 0 Å². The minimum Gasteiger partial charge on any atom is -0.326 e. The largest absolute Gasteiger partial charge is 0.326 e. The van der Waals surface area contributed by atoms with E-state index < -0.39 is 0 Å². The number of halogens is 1. The summed E-state index contributed by atoms with van der Waals surface area (Å²) in [5, 5.41) is 3.87. The van der Waals surface area contributed by atoms with Crippen LogP contribution < -0.4 is 5.32 Å². The normalized spacial score (nSPS) is 18.1. The first-order valence-corrected chi connectivity index (χ1v) is 10.2. The van der Waals surface area contributed by atoms with Gasteiger partial charge in [0.15, 0.2) is 0 Å². The van der Waals surface area contributed by atoms with Crippen molar-refractivity contribution in [3.05, 3.63) is 59.1 Å². The van der Waals surface area contributed by atoms with E-state index >= 15 is 0 Å². The van der Waals surface area contributed by atoms with Crippen LogP contribution in [0, 0.1) is 5.92 Å². The van der Waals surface area contributed by atoms with E-state index in [0.29, 0.717) is 0 Å². The molecule has 3 nitrogen and oxygen atoms in total. The fourth-order valence-electron chi connectivity index (χ4n) is 3.23.